The van der Waals surface area contributed by atoms with Crippen LogP contribution in [0.25, 0.3) is 0 Å². The maximum absolute atomic E-state index is 9.64. The molecule has 4 N–H and O–H groups in total. The maximum Gasteiger partial charge on any atom is 0.303 e. The van der Waals surface area contributed by atoms with E-state index in [4.69, 9.17) is 25.2 Å². The molecule has 224 valence electrons. The fourth-order valence-electron chi connectivity index (χ4n) is 3.70. The second-order valence-electron chi connectivity index (χ2n) is 9.71. The van der Waals surface area contributed by atoms with E-state index in [9.17, 15) is 9.59 Å². The van der Waals surface area contributed by atoms with Gasteiger partial charge in [0, 0.05) is 13.2 Å². The van der Waals surface area contributed by atoms with Crippen molar-refractivity contribution in [3.63, 3.8) is 0 Å². The molecule has 0 saturated carbocycles. The number of hydrogen-bond acceptors (Lipinski definition) is 5. The SMILES string of the molecule is CCCCCCCCCCCCOCCCCCCCCCCCC.O=C(O)CCC(=O)O.OCCO. The Balaban J connectivity index is -0.000000793. The van der Waals surface area contributed by atoms with E-state index in [2.05, 4.69) is 13.8 Å². The lowest BCUT2D eigenvalue weighted by Crippen LogP contribution is -2.00. The van der Waals surface area contributed by atoms with E-state index >= 15 is 0 Å². The Labute approximate surface area is 228 Å². The molecule has 0 spiro atoms. The minimum Gasteiger partial charge on any atom is -0.481 e. The average molecular weight is 535 g/mol. The minimum absolute atomic E-state index is 0.125. The van der Waals surface area contributed by atoms with Crippen LogP contribution >= 0.6 is 0 Å². The fraction of sp³-hybridized carbons (Fsp3) is 0.933. The number of hydrogen-bond donors (Lipinski definition) is 4. The topological polar surface area (TPSA) is 124 Å². The number of aliphatic hydroxyl groups excluding tert-OH is 2. The molecule has 0 rings (SSSR count). The highest BCUT2D eigenvalue weighted by atomic mass is 16.5. The molecule has 0 bridgehead atoms. The van der Waals surface area contributed by atoms with Crippen molar-refractivity contribution in [1.29, 1.82) is 0 Å². The van der Waals surface area contributed by atoms with Gasteiger partial charge in [-0.25, -0.2) is 0 Å². The number of aliphatic hydroxyl groups is 2. The molecule has 0 saturated heterocycles. The molecule has 0 atom stereocenters. The van der Waals surface area contributed by atoms with E-state index in [0.29, 0.717) is 0 Å². The van der Waals surface area contributed by atoms with Crippen molar-refractivity contribution < 1.29 is 34.8 Å². The summed E-state index contributed by atoms with van der Waals surface area (Å²) in [6.45, 7) is 6.32. The van der Waals surface area contributed by atoms with E-state index in [1.54, 1.807) is 0 Å². The van der Waals surface area contributed by atoms with Crippen molar-refractivity contribution in [3.05, 3.63) is 0 Å². The maximum atomic E-state index is 9.64. The van der Waals surface area contributed by atoms with Crippen LogP contribution in [0.4, 0.5) is 0 Å². The highest BCUT2D eigenvalue weighted by molar-refractivity contribution is 5.75. The first-order valence-corrected chi connectivity index (χ1v) is 15.2. The first-order valence-electron chi connectivity index (χ1n) is 15.2. The van der Waals surface area contributed by atoms with Gasteiger partial charge in [0.05, 0.1) is 26.1 Å². The number of carboxylic acids is 2. The molecular formula is C30H62O7. The van der Waals surface area contributed by atoms with Crippen LogP contribution in [0.2, 0.25) is 0 Å². The molecule has 0 unspecified atom stereocenters. The third-order valence-corrected chi connectivity index (χ3v) is 5.94. The first-order chi connectivity index (χ1) is 18.0. The van der Waals surface area contributed by atoms with Gasteiger partial charge in [0.2, 0.25) is 0 Å². The Morgan fingerprint density at radius 1 is 0.459 bits per heavy atom. The van der Waals surface area contributed by atoms with E-state index in [1.807, 2.05) is 0 Å². The fourth-order valence-corrected chi connectivity index (χ4v) is 3.70. The molecule has 0 aliphatic carbocycles. The van der Waals surface area contributed by atoms with E-state index < -0.39 is 11.9 Å². The van der Waals surface area contributed by atoms with Crippen molar-refractivity contribution in [2.24, 2.45) is 0 Å². The molecule has 0 fully saturated rings. The van der Waals surface area contributed by atoms with Crippen LogP contribution in [0.1, 0.15) is 155 Å². The van der Waals surface area contributed by atoms with Gasteiger partial charge in [-0.2, -0.15) is 0 Å². The molecule has 37 heavy (non-hydrogen) atoms. The number of unbranched alkanes of at least 4 members (excludes halogenated alkanes) is 18. The number of carboxylic acid groups (broad SMARTS) is 2. The van der Waals surface area contributed by atoms with Crippen LogP contribution in [-0.2, 0) is 14.3 Å². The van der Waals surface area contributed by atoms with Gasteiger partial charge in [-0.3, -0.25) is 9.59 Å². The number of rotatable bonds is 26. The molecule has 0 radical (unpaired) electrons. The summed E-state index contributed by atoms with van der Waals surface area (Å²) >= 11 is 0. The molecule has 0 aliphatic heterocycles. The highest BCUT2D eigenvalue weighted by Crippen LogP contribution is 2.12. The van der Waals surface area contributed by atoms with Gasteiger partial charge in [0.15, 0.2) is 0 Å². The molecule has 0 amide bonds. The largest absolute Gasteiger partial charge is 0.481 e. The van der Waals surface area contributed by atoms with E-state index in [-0.39, 0.29) is 26.1 Å². The predicted octanol–water partition coefficient (Wildman–Crippen LogP) is 7.75. The second-order valence-corrected chi connectivity index (χ2v) is 9.71. The summed E-state index contributed by atoms with van der Waals surface area (Å²) in [4.78, 5) is 19.3. The van der Waals surface area contributed by atoms with E-state index in [0.717, 1.165) is 13.2 Å². The Bertz CT molecular complexity index is 392. The summed E-state index contributed by atoms with van der Waals surface area (Å²) in [6, 6.07) is 0. The van der Waals surface area contributed by atoms with Crippen molar-refractivity contribution >= 4 is 11.9 Å². The van der Waals surface area contributed by atoms with Gasteiger partial charge < -0.3 is 25.2 Å². The highest BCUT2D eigenvalue weighted by Gasteiger charge is 2.00. The van der Waals surface area contributed by atoms with Gasteiger partial charge >= 0.3 is 11.9 Å². The van der Waals surface area contributed by atoms with Gasteiger partial charge in [-0.15, -0.1) is 0 Å². The van der Waals surface area contributed by atoms with Gasteiger partial charge in [-0.1, -0.05) is 129 Å². The first kappa shape index (κ1) is 40.3. The summed E-state index contributed by atoms with van der Waals surface area (Å²) in [5, 5.41) is 31.0. The zero-order valence-corrected chi connectivity index (χ0v) is 24.4. The van der Waals surface area contributed by atoms with Crippen molar-refractivity contribution in [1.82, 2.24) is 0 Å². The predicted molar refractivity (Wildman–Crippen MR) is 153 cm³/mol. The lowest BCUT2D eigenvalue weighted by molar-refractivity contribution is -0.143. The zero-order chi connectivity index (χ0) is 28.2. The third-order valence-electron chi connectivity index (χ3n) is 5.94. The molecule has 7 heteroatoms. The van der Waals surface area contributed by atoms with Crippen molar-refractivity contribution in [2.75, 3.05) is 26.4 Å². The molecule has 0 aliphatic rings. The lowest BCUT2D eigenvalue weighted by Gasteiger charge is -2.05. The molecule has 0 aromatic rings. The Morgan fingerprint density at radius 3 is 0.919 bits per heavy atom. The van der Waals surface area contributed by atoms with Crippen LogP contribution in [0.15, 0.2) is 0 Å². The lowest BCUT2D eigenvalue weighted by atomic mass is 10.1. The quantitative estimate of drug-likeness (QED) is 0.0836. The molecule has 7 nitrogen and oxygen atoms in total. The second kappa shape index (κ2) is 39.3. The number of ether oxygens (including phenoxy) is 1. The van der Waals surface area contributed by atoms with E-state index in [1.165, 1.54) is 128 Å². The summed E-state index contributed by atoms with van der Waals surface area (Å²) in [6.07, 6.45) is 27.6. The van der Waals surface area contributed by atoms with Crippen LogP contribution in [-0.4, -0.2) is 58.8 Å². The molecule has 0 aromatic heterocycles. The molecular weight excluding hydrogens is 472 g/mol. The Kier molecular flexibility index (Phi) is 42.9. The Hall–Kier alpha value is -1.18. The van der Waals surface area contributed by atoms with Crippen LogP contribution in [0.5, 0.6) is 0 Å². The van der Waals surface area contributed by atoms with Gasteiger partial charge in [0.1, 0.15) is 0 Å². The summed E-state index contributed by atoms with van der Waals surface area (Å²) < 4.78 is 5.78. The van der Waals surface area contributed by atoms with Gasteiger partial charge in [0.25, 0.3) is 0 Å². The normalized spacial score (nSPS) is 10.3. The van der Waals surface area contributed by atoms with Crippen molar-refractivity contribution in [3.8, 4) is 0 Å². The average Bonchev–Trinajstić information content (AvgIpc) is 2.89. The van der Waals surface area contributed by atoms with Gasteiger partial charge in [-0.05, 0) is 12.8 Å². The minimum atomic E-state index is -1.08. The molecule has 0 aromatic carbocycles. The Morgan fingerprint density at radius 2 is 0.703 bits per heavy atom. The summed E-state index contributed by atoms with van der Waals surface area (Å²) in [5.41, 5.74) is 0. The van der Waals surface area contributed by atoms with Crippen LogP contribution in [0, 0.1) is 0 Å². The number of aliphatic carboxylic acids is 2. The van der Waals surface area contributed by atoms with Crippen LogP contribution in [0.3, 0.4) is 0 Å². The summed E-state index contributed by atoms with van der Waals surface area (Å²) in [5.74, 6) is -2.15. The number of carbonyl (C=O) groups is 2. The van der Waals surface area contributed by atoms with Crippen LogP contribution < -0.4 is 0 Å². The smallest absolute Gasteiger partial charge is 0.303 e. The monoisotopic (exact) mass is 534 g/mol. The van der Waals surface area contributed by atoms with Crippen molar-refractivity contribution in [2.45, 2.75) is 155 Å². The zero-order valence-electron chi connectivity index (χ0n) is 24.4. The molecule has 0 heterocycles. The third kappa shape index (κ3) is 52.1. The summed E-state index contributed by atoms with van der Waals surface area (Å²) in [7, 11) is 0. The standard InChI is InChI=1S/C24H50O.C4H6O4.C2H6O2/c1-3-5-7-9-11-13-15-17-19-21-23-25-24-22-20-18-16-14-12-10-8-6-4-2;5-3(6)1-2-4(7)8;3-1-2-4/h3-24H2,1-2H3;1-2H2,(H,5,6)(H,7,8);3-4H,1-2H2.